The zero-order chi connectivity index (χ0) is 36.6. The van der Waals surface area contributed by atoms with Crippen molar-refractivity contribution in [3.8, 4) is 69.0 Å². The monoisotopic (exact) mass is 710 g/mol. The number of hydrogen-bond donors (Lipinski definition) is 0. The highest BCUT2D eigenvalue weighted by Crippen LogP contribution is 2.60. The molecule has 0 fully saturated rings. The lowest BCUT2D eigenvalue weighted by atomic mass is 9.99. The Hall–Kier alpha value is -6.68. The molecule has 0 N–H and O–H groups in total. The Morgan fingerprint density at radius 1 is 0.549 bits per heavy atom. The number of fused-ring (bicyclic) bond motifs is 7. The third kappa shape index (κ3) is 5.03. The molecule has 0 saturated carbocycles. The molecule has 5 aromatic rings. The molecule has 0 amide bonds. The Kier molecular flexibility index (Phi) is 7.37. The Bertz CT molecular complexity index is 2430. The average Bonchev–Trinajstić information content (AvgIpc) is 3.70. The molecule has 51 heavy (non-hydrogen) atoms. The number of nitrogens with zero attached hydrogens (tertiary/aromatic N) is 6. The van der Waals surface area contributed by atoms with Crippen molar-refractivity contribution in [3.63, 3.8) is 0 Å². The summed E-state index contributed by atoms with van der Waals surface area (Å²) in [6, 6.07) is 14.9. The summed E-state index contributed by atoms with van der Waals surface area (Å²) in [7, 11) is 0. The molecule has 0 radical (unpaired) electrons. The lowest BCUT2D eigenvalue weighted by molar-refractivity contribution is -0.140. The quantitative estimate of drug-likeness (QED) is 0.130. The van der Waals surface area contributed by atoms with E-state index in [1.807, 2.05) is 24.3 Å². The first-order chi connectivity index (χ1) is 24.2. The molecule has 7 rings (SSSR count). The molecule has 0 saturated heterocycles. The molecule has 2 aliphatic carbocycles. The van der Waals surface area contributed by atoms with Gasteiger partial charge < -0.3 is 0 Å². The van der Waals surface area contributed by atoms with Crippen LogP contribution in [0, 0.1) is 57.0 Å². The number of hydrogen-bond acceptors (Lipinski definition) is 7. The third-order valence-electron chi connectivity index (χ3n) is 8.31. The van der Waals surface area contributed by atoms with Crippen molar-refractivity contribution in [1.29, 1.82) is 21.0 Å². The topological polar surface area (TPSA) is 121 Å². The van der Waals surface area contributed by atoms with Crippen molar-refractivity contribution in [3.05, 3.63) is 116 Å². The standard InChI is InChI=1S/C36H10F8N6S/c37-25-7-15(1-3-23(25)35(39,40)41)17-5-21-27(19(9-45)10-46)33-29(31(21)49-13-17)30-32-22(28(34(30)51-33)20(11-47)12-48)6-18(14-50-32)16-2-4-24(26(38)8-16)36(42,43)44/h1-8,13-14H. The van der Waals surface area contributed by atoms with E-state index in [1.165, 1.54) is 24.5 Å². The number of benzene rings is 2. The van der Waals surface area contributed by atoms with Gasteiger partial charge in [-0.1, -0.05) is 12.1 Å². The second kappa shape index (κ2) is 11.4. The van der Waals surface area contributed by atoms with E-state index in [0.717, 1.165) is 23.5 Å². The van der Waals surface area contributed by atoms with Crippen LogP contribution >= 0.6 is 11.3 Å². The highest BCUT2D eigenvalue weighted by atomic mass is 32.1. The van der Waals surface area contributed by atoms with E-state index in [4.69, 9.17) is 0 Å². The minimum Gasteiger partial charge on any atom is -0.255 e. The molecule has 0 atom stereocenters. The van der Waals surface area contributed by atoms with Gasteiger partial charge in [-0.15, -0.1) is 11.3 Å². The zero-order valence-corrected chi connectivity index (χ0v) is 25.7. The number of nitriles is 4. The highest BCUT2D eigenvalue weighted by molar-refractivity contribution is 7.16. The molecule has 3 aromatic heterocycles. The van der Waals surface area contributed by atoms with Gasteiger partial charge in [0.2, 0.25) is 0 Å². The molecule has 0 aliphatic heterocycles. The van der Waals surface area contributed by atoms with Gasteiger partial charge in [0.25, 0.3) is 0 Å². The van der Waals surface area contributed by atoms with Gasteiger partial charge in [0.15, 0.2) is 0 Å². The molecule has 0 bridgehead atoms. The summed E-state index contributed by atoms with van der Waals surface area (Å²) in [6.07, 6.45) is -7.31. The van der Waals surface area contributed by atoms with E-state index < -0.39 is 35.1 Å². The number of halogens is 8. The molecule has 3 heterocycles. The summed E-state index contributed by atoms with van der Waals surface area (Å²) in [5.41, 5.74) is -1.40. The summed E-state index contributed by atoms with van der Waals surface area (Å²) in [5.74, 6) is -3.04. The van der Waals surface area contributed by atoms with Crippen molar-refractivity contribution < 1.29 is 35.1 Å². The van der Waals surface area contributed by atoms with Gasteiger partial charge >= 0.3 is 12.4 Å². The van der Waals surface area contributed by atoms with Gasteiger partial charge in [0.1, 0.15) is 47.1 Å². The molecular formula is C36H10F8N6S. The van der Waals surface area contributed by atoms with Crippen LogP contribution in [-0.2, 0) is 12.4 Å². The van der Waals surface area contributed by atoms with Crippen molar-refractivity contribution >= 4 is 22.5 Å². The maximum Gasteiger partial charge on any atom is 0.419 e. The van der Waals surface area contributed by atoms with Crippen LogP contribution < -0.4 is 0 Å². The Balaban J connectivity index is 1.45. The summed E-state index contributed by atoms with van der Waals surface area (Å²) in [6.45, 7) is 0. The predicted octanol–water partition coefficient (Wildman–Crippen LogP) is 9.85. The minimum absolute atomic E-state index is 0.0308. The Morgan fingerprint density at radius 2 is 0.922 bits per heavy atom. The Labute approximate surface area is 285 Å². The number of pyridine rings is 2. The van der Waals surface area contributed by atoms with Crippen LogP contribution in [0.15, 0.2) is 72.1 Å². The lowest BCUT2D eigenvalue weighted by Crippen LogP contribution is -2.07. The predicted molar refractivity (Wildman–Crippen MR) is 166 cm³/mol. The lowest BCUT2D eigenvalue weighted by Gasteiger charge is -2.11. The van der Waals surface area contributed by atoms with Crippen LogP contribution in [0.5, 0.6) is 0 Å². The number of alkyl halides is 6. The maximum atomic E-state index is 14.5. The molecule has 0 unspecified atom stereocenters. The molecule has 0 spiro atoms. The van der Waals surface area contributed by atoms with E-state index in [1.54, 1.807) is 0 Å². The van der Waals surface area contributed by atoms with Crippen LogP contribution in [0.2, 0.25) is 0 Å². The van der Waals surface area contributed by atoms with E-state index in [2.05, 4.69) is 9.97 Å². The fourth-order valence-electron chi connectivity index (χ4n) is 6.12. The van der Waals surface area contributed by atoms with Crippen LogP contribution in [0.1, 0.15) is 32.0 Å². The van der Waals surface area contributed by atoms with E-state index in [9.17, 15) is 56.2 Å². The largest absolute Gasteiger partial charge is 0.419 e. The van der Waals surface area contributed by atoms with E-state index >= 15 is 0 Å². The van der Waals surface area contributed by atoms with Gasteiger partial charge in [-0.05, 0) is 47.5 Å². The average molecular weight is 711 g/mol. The minimum atomic E-state index is -4.93. The van der Waals surface area contributed by atoms with E-state index in [-0.39, 0.29) is 67.1 Å². The molecule has 15 heteroatoms. The number of thiophene rings is 1. The van der Waals surface area contributed by atoms with Crippen LogP contribution in [-0.4, -0.2) is 9.97 Å². The van der Waals surface area contributed by atoms with Crippen LogP contribution in [0.3, 0.4) is 0 Å². The van der Waals surface area contributed by atoms with Crippen LogP contribution in [0.4, 0.5) is 35.1 Å². The highest BCUT2D eigenvalue weighted by Gasteiger charge is 2.42. The first-order valence-corrected chi connectivity index (χ1v) is 15.1. The van der Waals surface area contributed by atoms with Crippen molar-refractivity contribution in [1.82, 2.24) is 9.97 Å². The normalized spacial score (nSPS) is 12.5. The van der Waals surface area contributed by atoms with Gasteiger partial charge in [-0.2, -0.15) is 47.4 Å². The van der Waals surface area contributed by atoms with Gasteiger partial charge in [-0.3, -0.25) is 9.97 Å². The summed E-state index contributed by atoms with van der Waals surface area (Å²) in [4.78, 5) is 9.71. The van der Waals surface area contributed by atoms with Crippen molar-refractivity contribution in [2.24, 2.45) is 0 Å². The number of allylic oxidation sites excluding steroid dienone is 2. The molecule has 2 aliphatic rings. The molecule has 246 valence electrons. The second-order valence-electron chi connectivity index (χ2n) is 11.1. The Morgan fingerprint density at radius 3 is 1.24 bits per heavy atom. The smallest absolute Gasteiger partial charge is 0.255 e. The maximum absolute atomic E-state index is 14.5. The number of aromatic nitrogens is 2. The second-order valence-corrected chi connectivity index (χ2v) is 12.1. The number of rotatable bonds is 2. The SMILES string of the molecule is N#CC(C#N)=C1c2cc(-c3ccc(C(F)(F)F)c(F)c3)cnc2-c2c1sc1c2-c2ncc(-c3ccc(C(F)(F)F)c(F)c3)cc2C1=C(C#N)C#N. The summed E-state index contributed by atoms with van der Waals surface area (Å²) < 4.78 is 108. The summed E-state index contributed by atoms with van der Waals surface area (Å²) in [5, 5.41) is 39.6. The van der Waals surface area contributed by atoms with Crippen LogP contribution in [0.25, 0.3) is 55.9 Å². The molecule has 2 aromatic carbocycles. The van der Waals surface area contributed by atoms with Gasteiger partial charge in [-0.25, -0.2) is 8.78 Å². The summed E-state index contributed by atoms with van der Waals surface area (Å²) >= 11 is 1.01. The van der Waals surface area contributed by atoms with E-state index in [0.29, 0.717) is 45.1 Å². The first-order valence-electron chi connectivity index (χ1n) is 14.2. The van der Waals surface area contributed by atoms with Gasteiger partial charge in [0.05, 0.1) is 22.5 Å². The fraction of sp³-hybridized carbons (Fsp3) is 0.0556. The molecule has 6 nitrogen and oxygen atoms in total. The first kappa shape index (κ1) is 32.8. The zero-order valence-electron chi connectivity index (χ0n) is 24.9. The van der Waals surface area contributed by atoms with Gasteiger partial charge in [0, 0.05) is 66.7 Å². The van der Waals surface area contributed by atoms with Crippen molar-refractivity contribution in [2.75, 3.05) is 0 Å². The third-order valence-corrected chi connectivity index (χ3v) is 9.54. The molecular weight excluding hydrogens is 700 g/mol. The fourth-order valence-corrected chi connectivity index (χ4v) is 7.56. The van der Waals surface area contributed by atoms with Crippen molar-refractivity contribution in [2.45, 2.75) is 12.4 Å².